The van der Waals surface area contributed by atoms with Gasteiger partial charge in [-0.15, -0.1) is 6.58 Å². The molecule has 10 atom stereocenters. The largest absolute Gasteiger partial charge is 0.405 e. The van der Waals surface area contributed by atoms with Gasteiger partial charge in [-0.05, 0) is 30.8 Å². The van der Waals surface area contributed by atoms with Crippen molar-refractivity contribution < 1.29 is 53.0 Å². The summed E-state index contributed by atoms with van der Waals surface area (Å²) in [5.41, 5.74) is 0. The van der Waals surface area contributed by atoms with Crippen molar-refractivity contribution in [2.75, 3.05) is 19.8 Å². The number of hydrogen-bond acceptors (Lipinski definition) is 11. The van der Waals surface area contributed by atoms with Crippen molar-refractivity contribution in [2.24, 2.45) is 0 Å². The number of rotatable bonds is 16. The minimum absolute atomic E-state index is 0.0445. The van der Waals surface area contributed by atoms with Crippen LogP contribution in [0.15, 0.2) is 134 Å². The van der Waals surface area contributed by atoms with Crippen LogP contribution < -0.4 is 26.1 Å². The van der Waals surface area contributed by atoms with E-state index < -0.39 is 94.0 Å². The van der Waals surface area contributed by atoms with Crippen molar-refractivity contribution in [3.63, 3.8) is 0 Å². The maximum absolute atomic E-state index is 12.6. The quantitative estimate of drug-likeness (QED) is 0.0830. The minimum atomic E-state index is -3.18. The van der Waals surface area contributed by atoms with Crippen LogP contribution in [0.25, 0.3) is 0 Å². The van der Waals surface area contributed by atoms with Crippen LogP contribution in [0, 0.1) is 0 Å². The molecule has 1 amide bonds. The molecule has 0 saturated carbocycles. The zero-order valence-electron chi connectivity index (χ0n) is 37.4. The number of amides is 1. The number of aliphatic hydroxyl groups is 4. The lowest BCUT2D eigenvalue weighted by atomic mass is 9.95. The smallest absolute Gasteiger partial charge is 0.261 e. The van der Waals surface area contributed by atoms with Gasteiger partial charge in [0.2, 0.25) is 5.91 Å². The topological polar surface area (TPSA) is 165 Å². The fourth-order valence-corrected chi connectivity index (χ4v) is 18.3. The number of carbonyl (C=O) groups is 1. The van der Waals surface area contributed by atoms with E-state index in [4.69, 9.17) is 27.8 Å². The molecule has 2 saturated heterocycles. The summed E-state index contributed by atoms with van der Waals surface area (Å²) < 4.78 is 39.9. The fourth-order valence-electron chi connectivity index (χ4n) is 9.17. The standard InChI is InChI=1S/C49H65NO11Si2/c1-9-30-56-46-40(50-33(2)51)42(53)45(39(60-46)32-58-63(49(6,7)8,36-26-18-12-19-27-36)37-28-20-13-21-29-37)61-47-44(55)43(54)41(52)38(59-47)31-57-62(48(3,4)5,34-22-14-10-15-23-34)35-24-16-11-17-25-35/h9-29,38-47,52-55H,1,30-32H2,2-8H3,(H,50,51)/t38?,39?,40?,41-,42+,43-,44?,45+,46+,47-/m0/s1. The van der Waals surface area contributed by atoms with Crippen molar-refractivity contribution in [1.82, 2.24) is 5.32 Å². The van der Waals surface area contributed by atoms with Gasteiger partial charge in [0, 0.05) is 6.92 Å². The Morgan fingerprint density at radius 3 is 1.40 bits per heavy atom. The third-order valence-electron chi connectivity index (χ3n) is 12.1. The van der Waals surface area contributed by atoms with Gasteiger partial charge in [0.15, 0.2) is 12.6 Å². The van der Waals surface area contributed by atoms with Crippen molar-refractivity contribution in [3.05, 3.63) is 134 Å². The molecule has 5 N–H and O–H groups in total. The average molecular weight is 900 g/mol. The zero-order chi connectivity index (χ0) is 45.6. The fraction of sp³-hybridized carbons (Fsp3) is 0.449. The second kappa shape index (κ2) is 20.5. The second-order valence-electron chi connectivity index (χ2n) is 18.4. The summed E-state index contributed by atoms with van der Waals surface area (Å²) in [6.07, 6.45) is -11.4. The molecule has 4 aromatic rings. The molecule has 4 unspecified atom stereocenters. The van der Waals surface area contributed by atoms with Gasteiger partial charge in [0.25, 0.3) is 16.6 Å². The van der Waals surface area contributed by atoms with E-state index in [0.29, 0.717) is 0 Å². The zero-order valence-corrected chi connectivity index (χ0v) is 39.4. The Balaban J connectivity index is 1.36. The predicted octanol–water partition coefficient (Wildman–Crippen LogP) is 3.13. The first kappa shape index (κ1) is 48.6. The third-order valence-corrected chi connectivity index (χ3v) is 22.2. The molecular weight excluding hydrogens is 835 g/mol. The minimum Gasteiger partial charge on any atom is -0.405 e. The molecule has 0 spiro atoms. The molecule has 2 aliphatic heterocycles. The van der Waals surface area contributed by atoms with Crippen molar-refractivity contribution in [1.29, 1.82) is 0 Å². The second-order valence-corrected chi connectivity index (χ2v) is 27.1. The van der Waals surface area contributed by atoms with Crippen LogP contribution >= 0.6 is 0 Å². The Kier molecular flexibility index (Phi) is 15.8. The highest BCUT2D eigenvalue weighted by Crippen LogP contribution is 2.40. The molecule has 63 heavy (non-hydrogen) atoms. The summed E-state index contributed by atoms with van der Waals surface area (Å²) in [7, 11) is -6.33. The highest BCUT2D eigenvalue weighted by Gasteiger charge is 2.56. The van der Waals surface area contributed by atoms with Crippen molar-refractivity contribution in [3.8, 4) is 0 Å². The lowest BCUT2D eigenvalue weighted by Crippen LogP contribution is -2.70. The Labute approximate surface area is 374 Å². The van der Waals surface area contributed by atoms with Gasteiger partial charge in [-0.1, -0.05) is 169 Å². The van der Waals surface area contributed by atoms with E-state index in [-0.39, 0.29) is 19.8 Å². The van der Waals surface area contributed by atoms with Gasteiger partial charge in [-0.2, -0.15) is 0 Å². The summed E-state index contributed by atoms with van der Waals surface area (Å²) in [6.45, 7) is 17.6. The van der Waals surface area contributed by atoms with Gasteiger partial charge in [-0.25, -0.2) is 0 Å². The number of ether oxygens (including phenoxy) is 4. The monoisotopic (exact) mass is 899 g/mol. The molecule has 2 heterocycles. The summed E-state index contributed by atoms with van der Waals surface area (Å²) in [4.78, 5) is 12.6. The SMILES string of the molecule is C=CCO[C@@H]1OC(CO[Si](c2ccccc2)(c2ccccc2)C(C)(C)C)[C@@H](O[C@@H]2OC(CO[Si](c3ccccc3)(c3ccccc3)C(C)(C)C)[C@H](O)[C@H](O)C2O)[C@H](O)C1NC(C)=O. The van der Waals surface area contributed by atoms with Gasteiger partial charge in [0.1, 0.15) is 48.8 Å². The Hall–Kier alpha value is -3.88. The predicted molar refractivity (Wildman–Crippen MR) is 247 cm³/mol. The normalized spacial score (nSPS) is 27.1. The first-order chi connectivity index (χ1) is 30.0. The van der Waals surface area contributed by atoms with Gasteiger partial charge >= 0.3 is 0 Å². The molecule has 14 heteroatoms. The molecule has 2 aliphatic rings. The maximum atomic E-state index is 12.6. The first-order valence-corrected chi connectivity index (χ1v) is 25.5. The van der Waals surface area contributed by atoms with Crippen molar-refractivity contribution >= 4 is 43.3 Å². The van der Waals surface area contributed by atoms with E-state index in [1.54, 1.807) is 0 Å². The highest BCUT2D eigenvalue weighted by molar-refractivity contribution is 7.00. The van der Waals surface area contributed by atoms with E-state index >= 15 is 0 Å². The Morgan fingerprint density at radius 2 is 1.02 bits per heavy atom. The molecule has 6 rings (SSSR count). The summed E-state index contributed by atoms with van der Waals surface area (Å²) in [6, 6.07) is 38.9. The number of carbonyl (C=O) groups excluding carboxylic acids is 1. The van der Waals surface area contributed by atoms with Crippen molar-refractivity contribution in [2.45, 2.75) is 120 Å². The highest BCUT2D eigenvalue weighted by atomic mass is 28.4. The van der Waals surface area contributed by atoms with E-state index in [1.165, 1.54) is 13.0 Å². The van der Waals surface area contributed by atoms with E-state index in [2.05, 4.69) is 77.7 Å². The van der Waals surface area contributed by atoms with E-state index in [0.717, 1.165) is 20.7 Å². The lowest BCUT2D eigenvalue weighted by molar-refractivity contribution is -0.347. The van der Waals surface area contributed by atoms with Crippen LogP contribution in [-0.4, -0.2) is 124 Å². The van der Waals surface area contributed by atoms with Gasteiger partial charge in [0.05, 0.1) is 19.8 Å². The number of nitrogens with one attached hydrogen (secondary N) is 1. The van der Waals surface area contributed by atoms with Crippen LogP contribution in [0.1, 0.15) is 48.5 Å². The molecule has 2 fully saturated rings. The number of aliphatic hydroxyl groups excluding tert-OH is 4. The third kappa shape index (κ3) is 10.2. The summed E-state index contributed by atoms with van der Waals surface area (Å²) >= 11 is 0. The van der Waals surface area contributed by atoms with Gasteiger partial charge < -0.3 is 53.5 Å². The molecule has 0 aliphatic carbocycles. The molecule has 0 radical (unpaired) electrons. The first-order valence-electron chi connectivity index (χ1n) is 21.6. The van der Waals surface area contributed by atoms with E-state index in [9.17, 15) is 25.2 Å². The van der Waals surface area contributed by atoms with Crippen LogP contribution in [-0.2, 0) is 32.6 Å². The molecule has 12 nitrogen and oxygen atoms in total. The van der Waals surface area contributed by atoms with E-state index in [1.807, 2.05) is 97.1 Å². The van der Waals surface area contributed by atoms with Gasteiger partial charge in [-0.3, -0.25) is 4.79 Å². The molecular formula is C49H65NO11Si2. The summed E-state index contributed by atoms with van der Waals surface area (Å²) in [5, 5.41) is 52.7. The number of benzene rings is 4. The maximum Gasteiger partial charge on any atom is 0.261 e. The average Bonchev–Trinajstić information content (AvgIpc) is 3.26. The molecule has 4 aromatic carbocycles. The Bertz CT molecular complexity index is 1970. The Morgan fingerprint density at radius 1 is 0.619 bits per heavy atom. The van der Waals surface area contributed by atoms with Crippen LogP contribution in [0.2, 0.25) is 10.1 Å². The number of hydrogen-bond donors (Lipinski definition) is 5. The molecule has 0 bridgehead atoms. The summed E-state index contributed by atoms with van der Waals surface area (Å²) in [5.74, 6) is -0.455. The van der Waals surface area contributed by atoms with Crippen LogP contribution in [0.3, 0.4) is 0 Å². The lowest BCUT2D eigenvalue weighted by Gasteiger charge is -2.49. The molecule has 340 valence electrons. The van der Waals surface area contributed by atoms with Crippen LogP contribution in [0.4, 0.5) is 0 Å². The molecule has 0 aromatic heterocycles. The van der Waals surface area contributed by atoms with Crippen LogP contribution in [0.5, 0.6) is 0 Å².